The lowest BCUT2D eigenvalue weighted by molar-refractivity contribution is -0.145. The van der Waals surface area contributed by atoms with Crippen molar-refractivity contribution in [2.45, 2.75) is 45.3 Å². The maximum absolute atomic E-state index is 12.0. The van der Waals surface area contributed by atoms with Crippen LogP contribution in [0.1, 0.15) is 33.1 Å². The Morgan fingerprint density at radius 1 is 1.24 bits per heavy atom. The van der Waals surface area contributed by atoms with Crippen molar-refractivity contribution in [3.05, 3.63) is 35.5 Å². The van der Waals surface area contributed by atoms with E-state index >= 15 is 0 Å². The molecule has 0 radical (unpaired) electrons. The van der Waals surface area contributed by atoms with Crippen LogP contribution in [0.15, 0.2) is 35.5 Å². The summed E-state index contributed by atoms with van der Waals surface area (Å²) < 4.78 is 16.2. The monoisotopic (exact) mass is 346 g/mol. The minimum absolute atomic E-state index is 0.102. The van der Waals surface area contributed by atoms with Crippen LogP contribution in [0.4, 0.5) is 0 Å². The minimum atomic E-state index is -0.448. The summed E-state index contributed by atoms with van der Waals surface area (Å²) >= 11 is 0. The van der Waals surface area contributed by atoms with Crippen LogP contribution in [-0.4, -0.2) is 36.7 Å². The van der Waals surface area contributed by atoms with E-state index in [0.717, 1.165) is 16.7 Å². The van der Waals surface area contributed by atoms with Crippen molar-refractivity contribution in [1.82, 2.24) is 0 Å². The lowest BCUT2D eigenvalue weighted by atomic mass is 9.84. The Hall–Kier alpha value is -2.37. The number of ether oxygens (including phenoxy) is 3. The predicted molar refractivity (Wildman–Crippen MR) is 88.2 cm³/mol. The Labute approximate surface area is 146 Å². The van der Waals surface area contributed by atoms with E-state index in [1.165, 1.54) is 13.8 Å². The van der Waals surface area contributed by atoms with Crippen LogP contribution in [0.3, 0.4) is 0 Å². The van der Waals surface area contributed by atoms with Crippen molar-refractivity contribution in [1.29, 1.82) is 0 Å². The smallest absolute Gasteiger partial charge is 0.334 e. The van der Waals surface area contributed by atoms with Crippen LogP contribution in [-0.2, 0) is 28.6 Å². The Kier molecular flexibility index (Phi) is 4.54. The van der Waals surface area contributed by atoms with Crippen LogP contribution in [0.25, 0.3) is 0 Å². The zero-order valence-corrected chi connectivity index (χ0v) is 14.5. The van der Waals surface area contributed by atoms with Gasteiger partial charge in [0.05, 0.1) is 0 Å². The summed E-state index contributed by atoms with van der Waals surface area (Å²) in [6, 6.07) is 0. The third-order valence-corrected chi connectivity index (χ3v) is 5.24. The molecule has 134 valence electrons. The molecule has 4 unspecified atom stereocenters. The summed E-state index contributed by atoms with van der Waals surface area (Å²) in [4.78, 5) is 34.6. The highest BCUT2D eigenvalue weighted by atomic mass is 16.6. The third-order valence-electron chi connectivity index (χ3n) is 5.24. The van der Waals surface area contributed by atoms with Crippen molar-refractivity contribution in [2.24, 2.45) is 11.8 Å². The standard InChI is InChI=1S/C19H22O6/c1-9-14-6-5-13(8-23-11(3)20)15-7-16(24-12(4)21)10(2)17(15)18(14)25-19(9)22/h14,16-18H,1-2,5-8H2,3-4H3. The van der Waals surface area contributed by atoms with Gasteiger partial charge in [-0.1, -0.05) is 18.7 Å². The highest BCUT2D eigenvalue weighted by Gasteiger charge is 2.51. The highest BCUT2D eigenvalue weighted by molar-refractivity contribution is 5.91. The quantitative estimate of drug-likeness (QED) is 0.337. The summed E-state index contributed by atoms with van der Waals surface area (Å²) in [6.07, 6.45) is 1.05. The molecule has 0 aromatic heterocycles. The van der Waals surface area contributed by atoms with E-state index in [2.05, 4.69) is 13.2 Å². The van der Waals surface area contributed by atoms with E-state index in [9.17, 15) is 14.4 Å². The Balaban J connectivity index is 1.97. The average Bonchev–Trinajstić information content (AvgIpc) is 2.92. The largest absolute Gasteiger partial charge is 0.461 e. The molecule has 6 heteroatoms. The molecule has 2 fully saturated rings. The first-order valence-corrected chi connectivity index (χ1v) is 8.39. The van der Waals surface area contributed by atoms with Gasteiger partial charge in [0, 0.05) is 37.7 Å². The molecule has 25 heavy (non-hydrogen) atoms. The van der Waals surface area contributed by atoms with Gasteiger partial charge < -0.3 is 14.2 Å². The Morgan fingerprint density at radius 2 is 1.96 bits per heavy atom. The van der Waals surface area contributed by atoms with Gasteiger partial charge in [-0.05, 0) is 24.0 Å². The zero-order valence-electron chi connectivity index (χ0n) is 14.5. The van der Waals surface area contributed by atoms with Crippen LogP contribution in [0, 0.1) is 11.8 Å². The van der Waals surface area contributed by atoms with Gasteiger partial charge in [0.1, 0.15) is 18.8 Å². The molecule has 0 amide bonds. The molecule has 1 saturated heterocycles. The van der Waals surface area contributed by atoms with Gasteiger partial charge in [-0.2, -0.15) is 0 Å². The van der Waals surface area contributed by atoms with Crippen LogP contribution < -0.4 is 0 Å². The fourth-order valence-corrected chi connectivity index (χ4v) is 4.09. The number of rotatable bonds is 3. The van der Waals surface area contributed by atoms with E-state index < -0.39 is 6.10 Å². The van der Waals surface area contributed by atoms with Crippen molar-refractivity contribution in [3.63, 3.8) is 0 Å². The van der Waals surface area contributed by atoms with Gasteiger partial charge >= 0.3 is 17.9 Å². The lowest BCUT2D eigenvalue weighted by Crippen LogP contribution is -2.27. The van der Waals surface area contributed by atoms with Crippen molar-refractivity contribution in [3.8, 4) is 0 Å². The van der Waals surface area contributed by atoms with Crippen molar-refractivity contribution < 1.29 is 28.6 Å². The molecule has 0 bridgehead atoms. The first-order chi connectivity index (χ1) is 11.8. The Morgan fingerprint density at radius 3 is 2.60 bits per heavy atom. The highest BCUT2D eigenvalue weighted by Crippen LogP contribution is 2.50. The molecule has 2 aliphatic carbocycles. The summed E-state index contributed by atoms with van der Waals surface area (Å²) in [5.41, 5.74) is 3.20. The maximum Gasteiger partial charge on any atom is 0.334 e. The Bertz CT molecular complexity index is 701. The molecule has 0 spiro atoms. The van der Waals surface area contributed by atoms with E-state index in [1.54, 1.807) is 0 Å². The first kappa shape index (κ1) is 17.5. The molecule has 3 aliphatic rings. The number of fused-ring (bicyclic) bond motifs is 3. The predicted octanol–water partition coefficient (Wildman–Crippen LogP) is 2.25. The van der Waals surface area contributed by atoms with E-state index in [4.69, 9.17) is 14.2 Å². The second-order valence-corrected chi connectivity index (χ2v) is 6.80. The van der Waals surface area contributed by atoms with E-state index in [1.807, 2.05) is 0 Å². The first-order valence-electron chi connectivity index (χ1n) is 8.39. The van der Waals surface area contributed by atoms with Gasteiger partial charge in [-0.25, -0.2) is 4.79 Å². The molecule has 0 N–H and O–H groups in total. The van der Waals surface area contributed by atoms with Gasteiger partial charge in [0.2, 0.25) is 0 Å². The summed E-state index contributed by atoms with van der Waals surface area (Å²) in [7, 11) is 0. The maximum atomic E-state index is 12.0. The second-order valence-electron chi connectivity index (χ2n) is 6.80. The van der Waals surface area contributed by atoms with Crippen LogP contribution in [0.2, 0.25) is 0 Å². The van der Waals surface area contributed by atoms with Gasteiger partial charge in [-0.15, -0.1) is 0 Å². The fourth-order valence-electron chi connectivity index (χ4n) is 4.09. The van der Waals surface area contributed by atoms with Crippen molar-refractivity contribution in [2.75, 3.05) is 6.61 Å². The number of hydrogen-bond donors (Lipinski definition) is 0. The average molecular weight is 346 g/mol. The topological polar surface area (TPSA) is 78.9 Å². The molecule has 0 aromatic carbocycles. The molecule has 0 aromatic rings. The van der Waals surface area contributed by atoms with Gasteiger partial charge in [0.15, 0.2) is 0 Å². The fraction of sp³-hybridized carbons (Fsp3) is 0.526. The van der Waals surface area contributed by atoms with Crippen LogP contribution in [0.5, 0.6) is 0 Å². The summed E-state index contributed by atoms with van der Waals surface area (Å²) in [5, 5.41) is 0. The molecule has 1 saturated carbocycles. The van der Waals surface area contributed by atoms with Crippen LogP contribution >= 0.6 is 0 Å². The number of esters is 3. The zero-order chi connectivity index (χ0) is 18.3. The molecule has 4 atom stereocenters. The normalized spacial score (nSPS) is 31.2. The molecule has 3 rings (SSSR count). The van der Waals surface area contributed by atoms with E-state index in [0.29, 0.717) is 24.8 Å². The summed E-state index contributed by atoms with van der Waals surface area (Å²) in [5.74, 6) is -1.44. The minimum Gasteiger partial charge on any atom is -0.461 e. The second kappa shape index (κ2) is 6.50. The molecular formula is C19H22O6. The summed E-state index contributed by atoms with van der Waals surface area (Å²) in [6.45, 7) is 10.9. The lowest BCUT2D eigenvalue weighted by Gasteiger charge is -2.24. The molecule has 1 heterocycles. The molecular weight excluding hydrogens is 324 g/mol. The molecule has 1 aliphatic heterocycles. The van der Waals surface area contributed by atoms with E-state index in [-0.39, 0.29) is 42.5 Å². The number of hydrogen-bond acceptors (Lipinski definition) is 6. The SMILES string of the molecule is C=C1C(=O)OC2C1CCC(COC(C)=O)=C1CC(OC(C)=O)C(=C)C12. The number of carbonyl (C=O) groups excluding carboxylic acids is 3. The van der Waals surface area contributed by atoms with Gasteiger partial charge in [0.25, 0.3) is 0 Å². The number of carbonyl (C=O) groups is 3. The van der Waals surface area contributed by atoms with Gasteiger partial charge in [-0.3, -0.25) is 9.59 Å². The molecule has 6 nitrogen and oxygen atoms in total. The third kappa shape index (κ3) is 3.13. The van der Waals surface area contributed by atoms with Crippen molar-refractivity contribution >= 4 is 17.9 Å².